The molecule has 0 radical (unpaired) electrons. The first-order valence-corrected chi connectivity index (χ1v) is 22.9. The normalized spacial score (nSPS) is 12.2. The molecule has 0 saturated heterocycles. The molecule has 0 amide bonds. The lowest BCUT2D eigenvalue weighted by Crippen LogP contribution is -2.36. The van der Waals surface area contributed by atoms with Crippen LogP contribution in [0.3, 0.4) is 0 Å². The van der Waals surface area contributed by atoms with Crippen LogP contribution in [0.25, 0.3) is 84.3 Å². The third-order valence-corrected chi connectivity index (χ3v) is 12.9. The van der Waals surface area contributed by atoms with Crippen LogP contribution in [0, 0.1) is 0 Å². The summed E-state index contributed by atoms with van der Waals surface area (Å²) in [5.74, 6) is 0.721. The molecule has 4 aromatic heterocycles. The second-order valence-electron chi connectivity index (χ2n) is 20.7. The summed E-state index contributed by atoms with van der Waals surface area (Å²) in [5.41, 5.74) is 13.7. The maximum Gasteiger partial charge on any atom is 0.677 e. The Kier molecular flexibility index (Phi) is 11.4. The quantitative estimate of drug-likeness (QED) is 0.122. The highest BCUT2D eigenvalue weighted by Gasteiger charge is 2.33. The monoisotopic (exact) mass is 888 g/mol. The molecular formula is C58H57BF2N5O+. The summed E-state index contributed by atoms with van der Waals surface area (Å²) in [6.45, 7) is 19.6. The molecule has 336 valence electrons. The van der Waals surface area contributed by atoms with Crippen LogP contribution in [0.4, 0.5) is 8.63 Å². The van der Waals surface area contributed by atoms with Crippen molar-refractivity contribution in [1.29, 1.82) is 0 Å². The molecule has 9 aromatic rings. The molecule has 0 aliphatic heterocycles. The van der Waals surface area contributed by atoms with Gasteiger partial charge in [0.05, 0.1) is 22.3 Å². The van der Waals surface area contributed by atoms with Gasteiger partial charge in [-0.05, 0) is 117 Å². The summed E-state index contributed by atoms with van der Waals surface area (Å²) in [6, 6.07) is 49.0. The summed E-state index contributed by atoms with van der Waals surface area (Å²) < 4.78 is 34.1. The molecule has 1 N–H and O–H groups in total. The van der Waals surface area contributed by atoms with Gasteiger partial charge in [-0.3, -0.25) is 18.2 Å². The highest BCUT2D eigenvalue weighted by molar-refractivity contribution is 6.41. The number of nitrogens with zero attached hydrogens (tertiary/aromatic N) is 5. The van der Waals surface area contributed by atoms with Gasteiger partial charge in [0.25, 0.3) is 0 Å². The second kappa shape index (κ2) is 16.9. The van der Waals surface area contributed by atoms with Crippen molar-refractivity contribution in [2.75, 3.05) is 0 Å². The predicted molar refractivity (Wildman–Crippen MR) is 272 cm³/mol. The molecule has 67 heavy (non-hydrogen) atoms. The Bertz CT molecular complexity index is 3300. The number of pyridine rings is 2. The minimum absolute atomic E-state index is 0.164. The number of phenols is 1. The lowest BCUT2D eigenvalue weighted by molar-refractivity contribution is -0.649. The van der Waals surface area contributed by atoms with E-state index in [1.165, 1.54) is 6.20 Å². The number of benzene rings is 5. The number of imidazole rings is 1. The number of phenolic OH excluding ortho intramolecular Hbond substituents is 1. The van der Waals surface area contributed by atoms with Crippen molar-refractivity contribution < 1.29 is 18.3 Å². The summed E-state index contributed by atoms with van der Waals surface area (Å²) in [6.07, 6.45) is 3.28. The smallest absolute Gasteiger partial charge is 0.507 e. The first-order valence-electron chi connectivity index (χ1n) is 22.9. The van der Waals surface area contributed by atoms with Gasteiger partial charge in [-0.25, -0.2) is 4.98 Å². The van der Waals surface area contributed by atoms with Gasteiger partial charge in [-0.15, -0.1) is 0 Å². The van der Waals surface area contributed by atoms with Crippen molar-refractivity contribution in [2.24, 2.45) is 7.05 Å². The Morgan fingerprint density at radius 2 is 1.24 bits per heavy atom. The minimum Gasteiger partial charge on any atom is -0.507 e. The van der Waals surface area contributed by atoms with E-state index in [2.05, 4.69) is 134 Å². The number of aromatic hydroxyl groups is 1. The van der Waals surface area contributed by atoms with Gasteiger partial charge in [-0.1, -0.05) is 135 Å². The van der Waals surface area contributed by atoms with Crippen LogP contribution in [-0.2, 0) is 23.3 Å². The number of aromatic nitrogens is 5. The number of halogens is 2. The number of para-hydroxylation sites is 1. The fourth-order valence-corrected chi connectivity index (χ4v) is 9.13. The van der Waals surface area contributed by atoms with E-state index in [1.54, 1.807) is 12.1 Å². The molecule has 9 rings (SSSR count). The summed E-state index contributed by atoms with van der Waals surface area (Å²) >= 11 is 0. The molecule has 4 heterocycles. The van der Waals surface area contributed by atoms with Crippen LogP contribution < -0.4 is 4.57 Å². The van der Waals surface area contributed by atoms with E-state index in [-0.39, 0.29) is 16.6 Å². The number of fused-ring (bicyclic) bond motifs is 1. The van der Waals surface area contributed by atoms with E-state index in [4.69, 9.17) is 9.97 Å². The Labute approximate surface area is 393 Å². The Morgan fingerprint density at radius 1 is 0.582 bits per heavy atom. The van der Waals surface area contributed by atoms with Crippen LogP contribution in [0.1, 0.15) is 79.0 Å². The molecular weight excluding hydrogens is 831 g/mol. The molecule has 0 unspecified atom stereocenters. The van der Waals surface area contributed by atoms with Crippen molar-refractivity contribution >= 4 is 18.4 Å². The molecule has 6 nitrogen and oxygen atoms in total. The summed E-state index contributed by atoms with van der Waals surface area (Å²) in [5, 5.41) is 12.6. The van der Waals surface area contributed by atoms with E-state index in [9.17, 15) is 13.7 Å². The van der Waals surface area contributed by atoms with Gasteiger partial charge in [0, 0.05) is 34.5 Å². The van der Waals surface area contributed by atoms with Crippen molar-refractivity contribution in [3.05, 3.63) is 175 Å². The van der Waals surface area contributed by atoms with Crippen molar-refractivity contribution in [3.63, 3.8) is 0 Å². The first-order chi connectivity index (χ1) is 31.8. The maximum absolute atomic E-state index is 14.5. The van der Waals surface area contributed by atoms with Gasteiger partial charge in [-0.2, -0.15) is 4.57 Å². The van der Waals surface area contributed by atoms with E-state index in [1.807, 2.05) is 84.5 Å². The van der Waals surface area contributed by atoms with E-state index in [0.717, 1.165) is 82.7 Å². The number of hydrogen-bond donors (Lipinski definition) is 1. The van der Waals surface area contributed by atoms with Crippen LogP contribution in [0.5, 0.6) is 5.75 Å². The molecule has 0 saturated carbocycles. The lowest BCUT2D eigenvalue weighted by atomic mass is 9.79. The molecule has 0 aliphatic carbocycles. The highest BCUT2D eigenvalue weighted by Crippen LogP contribution is 2.46. The average Bonchev–Trinajstić information content (AvgIpc) is 3.94. The van der Waals surface area contributed by atoms with Gasteiger partial charge in [0.2, 0.25) is 11.4 Å². The summed E-state index contributed by atoms with van der Waals surface area (Å²) in [4.78, 5) is 10.6. The van der Waals surface area contributed by atoms with Crippen LogP contribution in [0.2, 0.25) is 0 Å². The predicted octanol–water partition coefficient (Wildman–Crippen LogP) is 14.4. The van der Waals surface area contributed by atoms with Crippen LogP contribution >= 0.6 is 0 Å². The second-order valence-corrected chi connectivity index (χ2v) is 20.7. The maximum atomic E-state index is 14.5. The fourth-order valence-electron chi connectivity index (χ4n) is 9.13. The van der Waals surface area contributed by atoms with Gasteiger partial charge >= 0.3 is 7.40 Å². The third-order valence-electron chi connectivity index (χ3n) is 12.9. The Hall–Kier alpha value is -7.13. The molecule has 0 spiro atoms. The first kappa shape index (κ1) is 45.0. The number of rotatable bonds is 8. The average molecular weight is 889 g/mol. The van der Waals surface area contributed by atoms with Crippen LogP contribution in [-0.4, -0.2) is 31.5 Å². The zero-order valence-corrected chi connectivity index (χ0v) is 40.0. The van der Waals surface area contributed by atoms with Crippen molar-refractivity contribution in [3.8, 4) is 79.0 Å². The molecule has 5 aromatic carbocycles. The SMILES string of the molecule is C[n+]1c(-c2cccn2B(F)F)ccc(-n2c(-c3cc(C(C)(C)C)cc(C(C)(C)C)c3O)nc3c(-c4cc(-c5cc(-c6ccccc6)ccn5)cc(C(C)(C)C)c4)cccc32)c1-c1ccccc1. The van der Waals surface area contributed by atoms with Crippen molar-refractivity contribution in [1.82, 2.24) is 19.0 Å². The summed E-state index contributed by atoms with van der Waals surface area (Å²) in [7, 11) is -0.798. The molecule has 9 heteroatoms. The largest absolute Gasteiger partial charge is 0.677 e. The zero-order valence-electron chi connectivity index (χ0n) is 40.0. The zero-order chi connectivity index (χ0) is 47.6. The third kappa shape index (κ3) is 8.48. The van der Waals surface area contributed by atoms with E-state index >= 15 is 0 Å². The van der Waals surface area contributed by atoms with Gasteiger partial charge < -0.3 is 9.58 Å². The van der Waals surface area contributed by atoms with Crippen molar-refractivity contribution in [2.45, 2.75) is 78.6 Å². The topological polar surface area (TPSA) is 59.8 Å². The van der Waals surface area contributed by atoms with E-state index in [0.29, 0.717) is 22.8 Å². The minimum atomic E-state index is -2.72. The molecule has 0 atom stereocenters. The lowest BCUT2D eigenvalue weighted by Gasteiger charge is -2.27. The molecule has 0 aliphatic rings. The fraction of sp³-hybridized carbons (Fsp3) is 0.224. The molecule has 0 bridgehead atoms. The van der Waals surface area contributed by atoms with Gasteiger partial charge in [0.1, 0.15) is 30.0 Å². The van der Waals surface area contributed by atoms with E-state index < -0.39 is 12.8 Å². The Balaban J connectivity index is 1.38. The van der Waals surface area contributed by atoms with Crippen LogP contribution in [0.15, 0.2) is 158 Å². The number of hydrogen-bond acceptors (Lipinski definition) is 3. The Morgan fingerprint density at radius 3 is 1.90 bits per heavy atom. The molecule has 0 fully saturated rings. The highest BCUT2D eigenvalue weighted by atomic mass is 19.2. The standard InChI is InChI=1S/C58H56BF2N5O/c1-56(2,3)42-32-40(31-41(33-42)47-34-39(28-29-62-47)37-19-13-11-14-20-37)44-23-17-24-50-52(44)63-55(45-35-43(57(4,5)6)36-46(54(45)67)58(7,8)9)66(50)51-27-26-48(49-25-18-30-65(49)59(60)61)64(10)53(51)38-21-15-12-16-22-38/h11-36H,1-10H3/p+1. The van der Waals surface area contributed by atoms with Gasteiger partial charge in [0.15, 0.2) is 0 Å².